The van der Waals surface area contributed by atoms with Gasteiger partial charge in [-0.2, -0.15) is 5.10 Å². The van der Waals surface area contributed by atoms with Crippen LogP contribution in [0.5, 0.6) is 11.5 Å². The predicted octanol–water partition coefficient (Wildman–Crippen LogP) is 4.47. The third-order valence-electron chi connectivity index (χ3n) is 5.41. The van der Waals surface area contributed by atoms with Crippen LogP contribution in [-0.4, -0.2) is 28.3 Å². The number of hydrogen-bond acceptors (Lipinski definition) is 5. The number of H-pyrrole nitrogens is 1. The van der Waals surface area contributed by atoms with E-state index in [1.165, 1.54) is 0 Å². The minimum Gasteiger partial charge on any atom is -0.457 e. The molecule has 4 N–H and O–H groups in total. The maximum absolute atomic E-state index is 6.16. The Morgan fingerprint density at radius 2 is 1.79 bits per heavy atom. The molecule has 0 unspecified atom stereocenters. The molecule has 0 spiro atoms. The monoisotopic (exact) mass is 385 g/mol. The molecule has 1 aliphatic heterocycles. The van der Waals surface area contributed by atoms with Gasteiger partial charge in [0.15, 0.2) is 5.82 Å². The van der Waals surface area contributed by atoms with E-state index >= 15 is 0 Å². The van der Waals surface area contributed by atoms with Crippen LogP contribution in [0.15, 0.2) is 60.7 Å². The quantitative estimate of drug-likeness (QED) is 0.482. The van der Waals surface area contributed by atoms with Crippen LogP contribution in [0.1, 0.15) is 24.5 Å². The van der Waals surface area contributed by atoms with Crippen molar-refractivity contribution in [2.75, 3.05) is 18.8 Å². The number of anilines is 1. The molecule has 1 atom stereocenters. The van der Waals surface area contributed by atoms with Gasteiger partial charge in [0, 0.05) is 23.7 Å². The number of nitrogens with zero attached hydrogens (tertiary/aromatic N) is 2. The minimum absolute atomic E-state index is 0.400. The standard InChI is InChI=1S/C23H23N5O/c24-23-21-20(27-28-23)13-19(16-5-4-12-25-14-16)26-22(21)15-8-10-18(11-9-15)29-17-6-2-1-3-7-17/h1-3,6-11,13,16,25H,4-5,12,14H2,(H3,24,27,28)/t16-/m1/s1. The topological polar surface area (TPSA) is 88.8 Å². The average Bonchev–Trinajstić information content (AvgIpc) is 3.16. The van der Waals surface area contributed by atoms with Gasteiger partial charge in [0.2, 0.25) is 0 Å². The molecule has 3 heterocycles. The van der Waals surface area contributed by atoms with Gasteiger partial charge >= 0.3 is 0 Å². The number of aromatic amines is 1. The third-order valence-corrected chi connectivity index (χ3v) is 5.41. The van der Waals surface area contributed by atoms with Gasteiger partial charge in [-0.1, -0.05) is 18.2 Å². The van der Waals surface area contributed by atoms with E-state index in [1.807, 2.05) is 54.6 Å². The lowest BCUT2D eigenvalue weighted by Crippen LogP contribution is -2.28. The lowest BCUT2D eigenvalue weighted by Gasteiger charge is -2.23. The molecule has 0 amide bonds. The van der Waals surface area contributed by atoms with Gasteiger partial charge in [-0.05, 0) is 61.9 Å². The number of rotatable bonds is 4. The van der Waals surface area contributed by atoms with Crippen LogP contribution >= 0.6 is 0 Å². The Kier molecular flexibility index (Phi) is 4.62. The molecule has 6 nitrogen and oxygen atoms in total. The highest BCUT2D eigenvalue weighted by molar-refractivity contribution is 6.00. The second-order valence-electron chi connectivity index (χ2n) is 7.41. The Morgan fingerprint density at radius 3 is 2.55 bits per heavy atom. The molecular weight excluding hydrogens is 362 g/mol. The zero-order chi connectivity index (χ0) is 19.6. The number of nitrogens with two attached hydrogens (primary N) is 1. The van der Waals surface area contributed by atoms with Crippen molar-refractivity contribution >= 4 is 16.7 Å². The smallest absolute Gasteiger partial charge is 0.155 e. The molecular formula is C23H23N5O. The zero-order valence-electron chi connectivity index (χ0n) is 16.1. The van der Waals surface area contributed by atoms with Crippen molar-refractivity contribution in [3.63, 3.8) is 0 Å². The summed E-state index contributed by atoms with van der Waals surface area (Å²) in [6.07, 6.45) is 2.30. The largest absolute Gasteiger partial charge is 0.457 e. The van der Waals surface area contributed by atoms with Crippen LogP contribution in [0.25, 0.3) is 22.2 Å². The zero-order valence-corrected chi connectivity index (χ0v) is 16.1. The van der Waals surface area contributed by atoms with E-state index < -0.39 is 0 Å². The molecule has 4 aromatic rings. The summed E-state index contributed by atoms with van der Waals surface area (Å²) in [5.41, 5.74) is 10.0. The van der Waals surface area contributed by atoms with Crippen molar-refractivity contribution in [1.29, 1.82) is 0 Å². The first-order valence-corrected chi connectivity index (χ1v) is 9.96. The van der Waals surface area contributed by atoms with Gasteiger partial charge < -0.3 is 15.8 Å². The fraction of sp³-hybridized carbons (Fsp3) is 0.217. The average molecular weight is 385 g/mol. The number of pyridine rings is 1. The van der Waals surface area contributed by atoms with E-state index in [9.17, 15) is 0 Å². The van der Waals surface area contributed by atoms with Crippen molar-refractivity contribution < 1.29 is 4.74 Å². The van der Waals surface area contributed by atoms with Crippen LogP contribution in [0.2, 0.25) is 0 Å². The van der Waals surface area contributed by atoms with Crippen molar-refractivity contribution in [2.24, 2.45) is 0 Å². The summed E-state index contributed by atoms with van der Waals surface area (Å²) < 4.78 is 5.91. The molecule has 0 radical (unpaired) electrons. The highest BCUT2D eigenvalue weighted by Crippen LogP contribution is 2.34. The molecule has 2 aromatic carbocycles. The molecule has 29 heavy (non-hydrogen) atoms. The first kappa shape index (κ1) is 17.7. The van der Waals surface area contributed by atoms with Crippen LogP contribution in [0, 0.1) is 0 Å². The summed E-state index contributed by atoms with van der Waals surface area (Å²) in [5, 5.41) is 11.6. The lowest BCUT2D eigenvalue weighted by molar-refractivity contribution is 0.455. The molecule has 2 aromatic heterocycles. The SMILES string of the molecule is Nc1n[nH]c2cc([C@@H]3CCCNC3)nc(-c3ccc(Oc4ccccc4)cc3)c12. The number of nitrogen functional groups attached to an aromatic ring is 1. The molecule has 5 rings (SSSR count). The van der Waals surface area contributed by atoms with E-state index in [2.05, 4.69) is 21.6 Å². The van der Waals surface area contributed by atoms with Crippen molar-refractivity contribution in [3.8, 4) is 22.8 Å². The van der Waals surface area contributed by atoms with E-state index in [4.69, 9.17) is 15.5 Å². The first-order valence-electron chi connectivity index (χ1n) is 9.96. The minimum atomic E-state index is 0.400. The molecule has 0 saturated carbocycles. The number of ether oxygens (including phenoxy) is 1. The van der Waals surface area contributed by atoms with E-state index in [1.54, 1.807) is 0 Å². The summed E-state index contributed by atoms with van der Waals surface area (Å²) in [4.78, 5) is 5.02. The second kappa shape index (κ2) is 7.56. The third kappa shape index (κ3) is 3.54. The lowest BCUT2D eigenvalue weighted by atomic mass is 9.94. The number of benzene rings is 2. The van der Waals surface area contributed by atoms with Gasteiger partial charge in [-0.15, -0.1) is 0 Å². The Labute approximate surface area is 169 Å². The maximum Gasteiger partial charge on any atom is 0.155 e. The summed E-state index contributed by atoms with van der Waals surface area (Å²) >= 11 is 0. The van der Waals surface area contributed by atoms with Crippen LogP contribution in [0.3, 0.4) is 0 Å². The van der Waals surface area contributed by atoms with Gasteiger partial charge in [0.1, 0.15) is 11.5 Å². The number of piperidine rings is 1. The van der Waals surface area contributed by atoms with Crippen LogP contribution in [-0.2, 0) is 0 Å². The molecule has 0 bridgehead atoms. The van der Waals surface area contributed by atoms with Gasteiger partial charge in [-0.3, -0.25) is 10.1 Å². The van der Waals surface area contributed by atoms with Gasteiger partial charge in [-0.25, -0.2) is 0 Å². The predicted molar refractivity (Wildman–Crippen MR) is 115 cm³/mol. The number of para-hydroxylation sites is 1. The molecule has 1 aliphatic rings. The summed E-state index contributed by atoms with van der Waals surface area (Å²) in [6, 6.07) is 19.8. The Bertz CT molecular complexity index is 1120. The van der Waals surface area contributed by atoms with Crippen LogP contribution < -0.4 is 15.8 Å². The van der Waals surface area contributed by atoms with E-state index in [0.717, 1.165) is 65.3 Å². The number of fused-ring (bicyclic) bond motifs is 1. The van der Waals surface area contributed by atoms with Gasteiger partial charge in [0.25, 0.3) is 0 Å². The Morgan fingerprint density at radius 1 is 1.00 bits per heavy atom. The summed E-state index contributed by atoms with van der Waals surface area (Å²) in [5.74, 6) is 2.47. The first-order chi connectivity index (χ1) is 14.3. The molecule has 1 saturated heterocycles. The van der Waals surface area contributed by atoms with E-state index in [-0.39, 0.29) is 0 Å². The fourth-order valence-electron chi connectivity index (χ4n) is 3.92. The molecule has 6 heteroatoms. The van der Waals surface area contributed by atoms with Crippen molar-refractivity contribution in [2.45, 2.75) is 18.8 Å². The highest BCUT2D eigenvalue weighted by Gasteiger charge is 2.20. The molecule has 146 valence electrons. The highest BCUT2D eigenvalue weighted by atomic mass is 16.5. The number of nitrogens with one attached hydrogen (secondary N) is 2. The molecule has 0 aliphatic carbocycles. The summed E-state index contributed by atoms with van der Waals surface area (Å²) in [6.45, 7) is 2.02. The maximum atomic E-state index is 6.16. The number of aromatic nitrogens is 3. The van der Waals surface area contributed by atoms with Crippen molar-refractivity contribution in [1.82, 2.24) is 20.5 Å². The van der Waals surface area contributed by atoms with Gasteiger partial charge in [0.05, 0.1) is 16.6 Å². The molecule has 1 fully saturated rings. The van der Waals surface area contributed by atoms with E-state index in [0.29, 0.717) is 11.7 Å². The Hall–Kier alpha value is -3.38. The normalized spacial score (nSPS) is 16.8. The summed E-state index contributed by atoms with van der Waals surface area (Å²) in [7, 11) is 0. The van der Waals surface area contributed by atoms with Crippen molar-refractivity contribution in [3.05, 3.63) is 66.4 Å². The second-order valence-corrected chi connectivity index (χ2v) is 7.41. The van der Waals surface area contributed by atoms with Crippen LogP contribution in [0.4, 0.5) is 5.82 Å². The Balaban J connectivity index is 1.52. The fourth-order valence-corrected chi connectivity index (χ4v) is 3.92. The number of hydrogen-bond donors (Lipinski definition) is 3.